The van der Waals surface area contributed by atoms with Crippen molar-refractivity contribution in [2.24, 2.45) is 0 Å². The zero-order valence-corrected chi connectivity index (χ0v) is 10.5. The first-order valence-corrected chi connectivity index (χ1v) is 6.59. The predicted octanol–water partition coefficient (Wildman–Crippen LogP) is 1.98. The Morgan fingerprint density at radius 3 is 2.68 bits per heavy atom. The largest absolute Gasteiger partial charge is 0.441 e. The molecule has 0 amide bonds. The Morgan fingerprint density at radius 2 is 2.05 bits per heavy atom. The molecule has 5 nitrogen and oxygen atoms in total. The number of oxazole rings is 1. The van der Waals surface area contributed by atoms with E-state index in [4.69, 9.17) is 4.42 Å². The first-order valence-electron chi connectivity index (χ1n) is 5.11. The van der Waals surface area contributed by atoms with Gasteiger partial charge in [-0.1, -0.05) is 0 Å². The summed E-state index contributed by atoms with van der Waals surface area (Å²) in [4.78, 5) is 3.65. The lowest BCUT2D eigenvalue weighted by molar-refractivity contribution is -0.121. The van der Waals surface area contributed by atoms with Crippen LogP contribution >= 0.6 is 0 Å². The summed E-state index contributed by atoms with van der Waals surface area (Å²) in [5.74, 6) is 0.341. The van der Waals surface area contributed by atoms with Gasteiger partial charge in [-0.25, -0.2) is 18.1 Å². The Morgan fingerprint density at radius 1 is 1.37 bits per heavy atom. The van der Waals surface area contributed by atoms with E-state index in [1.807, 2.05) is 0 Å². The van der Waals surface area contributed by atoms with Gasteiger partial charge in [0.15, 0.2) is 11.5 Å². The van der Waals surface area contributed by atoms with E-state index in [0.717, 1.165) is 6.07 Å². The zero-order valence-electron chi connectivity index (χ0n) is 9.65. The SMILES string of the molecule is Cc1nc2ccc(S(=O)(=O)NCC(F)(F)F)cc2o1. The van der Waals surface area contributed by atoms with E-state index in [1.54, 1.807) is 6.92 Å². The van der Waals surface area contributed by atoms with Gasteiger partial charge in [0, 0.05) is 13.0 Å². The number of fused-ring (bicyclic) bond motifs is 1. The first-order chi connectivity index (χ1) is 8.67. The lowest BCUT2D eigenvalue weighted by Gasteiger charge is -2.08. The zero-order chi connectivity index (χ0) is 14.3. The summed E-state index contributed by atoms with van der Waals surface area (Å²) < 4.78 is 65.9. The third kappa shape index (κ3) is 3.24. The smallest absolute Gasteiger partial charge is 0.402 e. The van der Waals surface area contributed by atoms with Gasteiger partial charge in [-0.05, 0) is 12.1 Å². The molecule has 1 aromatic carbocycles. The van der Waals surface area contributed by atoms with E-state index in [1.165, 1.54) is 16.9 Å². The van der Waals surface area contributed by atoms with Gasteiger partial charge in [-0.2, -0.15) is 13.2 Å². The number of aromatic nitrogens is 1. The second-order valence-corrected chi connectivity index (χ2v) is 5.57. The van der Waals surface area contributed by atoms with Gasteiger partial charge in [0.05, 0.1) is 4.90 Å². The summed E-state index contributed by atoms with van der Waals surface area (Å²) in [5.41, 5.74) is 0.639. The number of hydrogen-bond donors (Lipinski definition) is 1. The van der Waals surface area contributed by atoms with Crippen LogP contribution in [0.5, 0.6) is 0 Å². The molecule has 0 aliphatic rings. The van der Waals surface area contributed by atoms with Crippen LogP contribution in [-0.2, 0) is 10.0 Å². The molecule has 0 fully saturated rings. The molecule has 9 heteroatoms. The molecule has 2 aromatic rings. The van der Waals surface area contributed by atoms with Gasteiger partial charge in [0.25, 0.3) is 0 Å². The average Bonchev–Trinajstić information content (AvgIpc) is 2.64. The highest BCUT2D eigenvalue weighted by molar-refractivity contribution is 7.89. The second-order valence-electron chi connectivity index (χ2n) is 3.80. The summed E-state index contributed by atoms with van der Waals surface area (Å²) in [7, 11) is -4.23. The number of halogens is 3. The third-order valence-corrected chi connectivity index (χ3v) is 3.64. The average molecular weight is 294 g/mol. The first kappa shape index (κ1) is 13.8. The molecule has 0 saturated heterocycles. The molecule has 0 radical (unpaired) electrons. The molecule has 104 valence electrons. The van der Waals surface area contributed by atoms with Gasteiger partial charge in [0.2, 0.25) is 10.0 Å². The molecule has 19 heavy (non-hydrogen) atoms. The molecule has 0 spiro atoms. The van der Waals surface area contributed by atoms with Crippen LogP contribution in [0.2, 0.25) is 0 Å². The molecule has 2 rings (SSSR count). The fourth-order valence-electron chi connectivity index (χ4n) is 1.45. The molecule has 0 atom stereocenters. The number of sulfonamides is 1. The van der Waals surface area contributed by atoms with Crippen LogP contribution in [0.4, 0.5) is 13.2 Å². The Labute approximate surface area is 106 Å². The number of nitrogens with one attached hydrogen (secondary N) is 1. The number of rotatable bonds is 3. The Kier molecular flexibility index (Phi) is 3.27. The molecule has 0 saturated carbocycles. The maximum Gasteiger partial charge on any atom is 0.402 e. The van der Waals surface area contributed by atoms with E-state index in [-0.39, 0.29) is 10.5 Å². The normalized spacial score (nSPS) is 13.1. The molecule has 0 unspecified atom stereocenters. The van der Waals surface area contributed by atoms with Gasteiger partial charge in [-0.3, -0.25) is 0 Å². The van der Waals surface area contributed by atoms with E-state index in [9.17, 15) is 21.6 Å². The lowest BCUT2D eigenvalue weighted by atomic mass is 10.3. The van der Waals surface area contributed by atoms with Gasteiger partial charge >= 0.3 is 6.18 Å². The van der Waals surface area contributed by atoms with Crippen molar-refractivity contribution in [3.8, 4) is 0 Å². The number of alkyl halides is 3. The number of nitrogens with zero attached hydrogens (tertiary/aromatic N) is 1. The van der Waals surface area contributed by atoms with Gasteiger partial charge in [0.1, 0.15) is 12.1 Å². The van der Waals surface area contributed by atoms with Crippen LogP contribution < -0.4 is 4.72 Å². The number of aryl methyl sites for hydroxylation is 1. The number of hydrogen-bond acceptors (Lipinski definition) is 4. The maximum absolute atomic E-state index is 12.0. The van der Waals surface area contributed by atoms with Gasteiger partial charge in [-0.15, -0.1) is 0 Å². The van der Waals surface area contributed by atoms with E-state index < -0.39 is 22.7 Å². The van der Waals surface area contributed by atoms with Crippen molar-refractivity contribution < 1.29 is 26.0 Å². The fraction of sp³-hybridized carbons (Fsp3) is 0.300. The van der Waals surface area contributed by atoms with Crippen molar-refractivity contribution in [2.75, 3.05) is 6.54 Å². The third-order valence-electron chi connectivity index (χ3n) is 2.24. The van der Waals surface area contributed by atoms with Crippen LogP contribution in [-0.4, -0.2) is 26.1 Å². The summed E-state index contributed by atoms with van der Waals surface area (Å²) in [6.07, 6.45) is -4.61. The highest BCUT2D eigenvalue weighted by Gasteiger charge is 2.30. The minimum atomic E-state index is -4.61. The summed E-state index contributed by atoms with van der Waals surface area (Å²) in [6, 6.07) is 3.67. The van der Waals surface area contributed by atoms with Crippen LogP contribution in [0.25, 0.3) is 11.1 Å². The number of benzene rings is 1. The molecule has 0 aliphatic carbocycles. The second kappa shape index (κ2) is 4.49. The topological polar surface area (TPSA) is 72.2 Å². The molecular formula is C10H9F3N2O3S. The Bertz CT molecular complexity index is 706. The summed E-state index contributed by atoms with van der Waals surface area (Å²) in [6.45, 7) is -0.0428. The lowest BCUT2D eigenvalue weighted by Crippen LogP contribution is -2.33. The minimum absolute atomic E-state index is 0.201. The van der Waals surface area contributed by atoms with E-state index in [2.05, 4.69) is 4.98 Å². The molecule has 1 heterocycles. The van der Waals surface area contributed by atoms with Crippen molar-refractivity contribution in [1.29, 1.82) is 0 Å². The standard InChI is InChI=1S/C10H9F3N2O3S/c1-6-15-8-3-2-7(4-9(8)18-6)19(16,17)14-5-10(11,12)13/h2-4,14H,5H2,1H3. The summed E-state index contributed by atoms with van der Waals surface area (Å²) in [5, 5.41) is 0. The molecule has 1 aromatic heterocycles. The predicted molar refractivity (Wildman–Crippen MR) is 60.0 cm³/mol. The van der Waals surface area contributed by atoms with Crippen molar-refractivity contribution in [1.82, 2.24) is 9.71 Å². The monoisotopic (exact) mass is 294 g/mol. The minimum Gasteiger partial charge on any atom is -0.441 e. The highest BCUT2D eigenvalue weighted by atomic mass is 32.2. The van der Waals surface area contributed by atoms with Crippen LogP contribution in [0.3, 0.4) is 0 Å². The molecule has 0 aliphatic heterocycles. The van der Waals surface area contributed by atoms with Gasteiger partial charge < -0.3 is 4.42 Å². The van der Waals surface area contributed by atoms with Crippen molar-refractivity contribution in [2.45, 2.75) is 18.0 Å². The summed E-state index contributed by atoms with van der Waals surface area (Å²) >= 11 is 0. The molecule has 0 bridgehead atoms. The van der Waals surface area contributed by atoms with Crippen LogP contribution in [0.15, 0.2) is 27.5 Å². The van der Waals surface area contributed by atoms with Crippen LogP contribution in [0, 0.1) is 6.92 Å². The molecular weight excluding hydrogens is 285 g/mol. The van der Waals surface area contributed by atoms with Crippen LogP contribution in [0.1, 0.15) is 5.89 Å². The molecule has 1 N–H and O–H groups in total. The fourth-order valence-corrected chi connectivity index (χ4v) is 2.48. The van der Waals surface area contributed by atoms with Crippen molar-refractivity contribution in [3.05, 3.63) is 24.1 Å². The van der Waals surface area contributed by atoms with Crippen molar-refractivity contribution >= 4 is 21.1 Å². The van der Waals surface area contributed by atoms with E-state index >= 15 is 0 Å². The Hall–Kier alpha value is -1.61. The Balaban J connectivity index is 2.32. The quantitative estimate of drug-likeness (QED) is 0.939. The maximum atomic E-state index is 12.0. The highest BCUT2D eigenvalue weighted by Crippen LogP contribution is 2.20. The van der Waals surface area contributed by atoms with E-state index in [0.29, 0.717) is 11.4 Å². The van der Waals surface area contributed by atoms with Crippen molar-refractivity contribution in [3.63, 3.8) is 0 Å².